The fourth-order valence-corrected chi connectivity index (χ4v) is 1.86. The first kappa shape index (κ1) is 8.42. The summed E-state index contributed by atoms with van der Waals surface area (Å²) in [7, 11) is 2.03. The monoisotopic (exact) mass is 193 g/mol. The molecule has 1 aromatic carbocycles. The number of para-hydroxylation sites is 1. The van der Waals surface area contributed by atoms with Crippen LogP contribution in [-0.2, 0) is 0 Å². The van der Waals surface area contributed by atoms with Gasteiger partial charge in [0.05, 0.1) is 0 Å². The Morgan fingerprint density at radius 2 is 2.07 bits per heavy atom. The summed E-state index contributed by atoms with van der Waals surface area (Å²) >= 11 is 0. The van der Waals surface area contributed by atoms with Crippen molar-refractivity contribution >= 4 is 23.7 Å². The van der Waals surface area contributed by atoms with E-state index in [1.807, 2.05) is 31.5 Å². The summed E-state index contributed by atoms with van der Waals surface area (Å²) in [6.07, 6.45) is 1.98. The summed E-state index contributed by atoms with van der Waals surface area (Å²) in [5.74, 6) is 1.92. The molecule has 0 unspecified atom stereocenters. The molecule has 15 heavy (non-hydrogen) atoms. The number of allylic oxidation sites excluding steroid dienone is 1. The van der Waals surface area contributed by atoms with Crippen molar-refractivity contribution in [1.29, 1.82) is 0 Å². The van der Waals surface area contributed by atoms with Gasteiger partial charge in [-0.3, -0.25) is 0 Å². The summed E-state index contributed by atoms with van der Waals surface area (Å²) in [5, 5.41) is 1.23. The van der Waals surface area contributed by atoms with E-state index in [4.69, 9.17) is 5.73 Å². The highest BCUT2D eigenvalue weighted by Crippen LogP contribution is 2.23. The van der Waals surface area contributed by atoms with Gasteiger partial charge in [-0.2, -0.15) is 0 Å². The van der Waals surface area contributed by atoms with Crippen LogP contribution in [0.2, 0.25) is 0 Å². The molecular weight excluding hydrogens is 183 g/mol. The van der Waals surface area contributed by atoms with Crippen molar-refractivity contribution in [3.05, 3.63) is 53.8 Å². The van der Waals surface area contributed by atoms with E-state index in [9.17, 15) is 0 Å². The maximum Gasteiger partial charge on any atom is 0.186 e. The molecule has 2 heterocycles. The molecule has 3 N–H and O–H groups in total. The van der Waals surface area contributed by atoms with E-state index in [-0.39, 0.29) is 0 Å². The number of fused-ring (bicyclic) bond motifs is 1. The van der Waals surface area contributed by atoms with Crippen LogP contribution in [0, 0.1) is 0 Å². The van der Waals surface area contributed by atoms with Crippen molar-refractivity contribution in [2.24, 2.45) is 5.73 Å². The zero-order chi connectivity index (χ0) is 10.3. The Labute approximate surface area is 88.7 Å². The quantitative estimate of drug-likeness (QED) is 0.668. The number of rotatable bonds is 1. The van der Waals surface area contributed by atoms with Crippen LogP contribution in [0.3, 0.4) is 0 Å². The second kappa shape index (κ2) is 3.06. The van der Waals surface area contributed by atoms with Gasteiger partial charge in [0.2, 0.25) is 0 Å². The van der Waals surface area contributed by atoms with Crippen LogP contribution in [0.4, 0.5) is 0 Å². The van der Waals surface area contributed by atoms with Crippen LogP contribution in [0.25, 0.3) is 16.4 Å². The highest BCUT2D eigenvalue weighted by molar-refractivity contribution is 6.67. The van der Waals surface area contributed by atoms with Crippen molar-refractivity contribution in [3.8, 4) is 0 Å². The number of aromatic nitrogens is 1. The number of hydrogen-bond donors (Lipinski definition) is 2. The third kappa shape index (κ3) is 1.36. The van der Waals surface area contributed by atoms with E-state index in [1.165, 1.54) is 5.39 Å². The molecule has 0 aliphatic carbocycles. The van der Waals surface area contributed by atoms with Crippen LogP contribution < -0.4 is 5.73 Å². The fourth-order valence-electron chi connectivity index (χ4n) is 1.86. The minimum Gasteiger partial charge on any atom is -0.400 e. The Kier molecular flexibility index (Phi) is 1.71. The van der Waals surface area contributed by atoms with Gasteiger partial charge < -0.3 is 10.7 Å². The van der Waals surface area contributed by atoms with E-state index in [0.717, 1.165) is 22.4 Å². The van der Waals surface area contributed by atoms with Crippen LogP contribution in [0.15, 0.2) is 48.1 Å². The lowest BCUT2D eigenvalue weighted by Gasteiger charge is -1.94. The first-order valence-electron chi connectivity index (χ1n) is 4.93. The van der Waals surface area contributed by atoms with Gasteiger partial charge >= 0.3 is 0 Å². The lowest BCUT2D eigenvalue weighted by atomic mass is 9.71. The zero-order valence-corrected chi connectivity index (χ0v) is 8.20. The zero-order valence-electron chi connectivity index (χ0n) is 8.20. The molecule has 3 heteroatoms. The van der Waals surface area contributed by atoms with Crippen LogP contribution >= 0.6 is 0 Å². The Morgan fingerprint density at radius 1 is 1.20 bits per heavy atom. The number of H-pyrrole nitrogens is 1. The van der Waals surface area contributed by atoms with E-state index >= 15 is 0 Å². The Morgan fingerprint density at radius 3 is 2.80 bits per heavy atom. The van der Waals surface area contributed by atoms with Gasteiger partial charge in [-0.1, -0.05) is 29.6 Å². The Bertz CT molecular complexity index is 545. The Balaban J connectivity index is 2.10. The third-order valence-electron chi connectivity index (χ3n) is 2.62. The van der Waals surface area contributed by atoms with Crippen molar-refractivity contribution < 1.29 is 0 Å². The van der Waals surface area contributed by atoms with Crippen LogP contribution in [-0.4, -0.2) is 12.3 Å². The van der Waals surface area contributed by atoms with Crippen LogP contribution in [0.5, 0.6) is 0 Å². The van der Waals surface area contributed by atoms with E-state index in [0.29, 0.717) is 0 Å². The molecule has 2 nitrogen and oxygen atoms in total. The normalized spacial score (nSPS) is 14.9. The maximum absolute atomic E-state index is 5.70. The minimum absolute atomic E-state index is 0.809. The highest BCUT2D eigenvalue weighted by atomic mass is 14.7. The SMILES string of the molecule is NC1=C[B]C(c2cc3ccccc3[nH]2)=C1. The molecule has 2 aromatic rings. The van der Waals surface area contributed by atoms with E-state index in [2.05, 4.69) is 23.2 Å². The fraction of sp³-hybridized carbons (Fsp3) is 0. The predicted octanol–water partition coefficient (Wildman–Crippen LogP) is 2.03. The summed E-state index contributed by atoms with van der Waals surface area (Å²) in [5.41, 5.74) is 9.93. The maximum atomic E-state index is 5.70. The third-order valence-corrected chi connectivity index (χ3v) is 2.62. The molecule has 0 spiro atoms. The second-order valence-corrected chi connectivity index (χ2v) is 3.70. The first-order valence-corrected chi connectivity index (χ1v) is 4.93. The Hall–Kier alpha value is -1.90. The average Bonchev–Trinajstić information content (AvgIpc) is 2.82. The molecule has 0 saturated heterocycles. The molecule has 0 amide bonds. The number of aromatic amines is 1. The standard InChI is InChI=1S/C12H10BN2/c14-9-6-10(13-7-9)12-5-8-3-1-2-4-11(8)15-12/h1-7,15H,14H2. The number of nitrogens with two attached hydrogens (primary N) is 1. The molecule has 0 atom stereocenters. The molecule has 1 aromatic heterocycles. The molecule has 1 radical (unpaired) electrons. The van der Waals surface area contributed by atoms with E-state index in [1.54, 1.807) is 0 Å². The average molecular weight is 193 g/mol. The summed E-state index contributed by atoms with van der Waals surface area (Å²) in [6, 6.07) is 10.4. The summed E-state index contributed by atoms with van der Waals surface area (Å²) < 4.78 is 0. The molecular formula is C12H10BN2. The van der Waals surface area contributed by atoms with Crippen molar-refractivity contribution in [2.75, 3.05) is 0 Å². The molecule has 0 bridgehead atoms. The summed E-state index contributed by atoms with van der Waals surface area (Å²) in [4.78, 5) is 3.37. The van der Waals surface area contributed by atoms with Gasteiger partial charge in [-0.25, -0.2) is 0 Å². The van der Waals surface area contributed by atoms with Gasteiger partial charge in [0.15, 0.2) is 7.28 Å². The lowest BCUT2D eigenvalue weighted by Crippen LogP contribution is -1.88. The number of benzene rings is 1. The smallest absolute Gasteiger partial charge is 0.186 e. The molecule has 71 valence electrons. The number of hydrogen-bond acceptors (Lipinski definition) is 1. The largest absolute Gasteiger partial charge is 0.400 e. The molecule has 1 aliphatic rings. The molecule has 1 aliphatic heterocycles. The first-order chi connectivity index (χ1) is 7.33. The van der Waals surface area contributed by atoms with Gasteiger partial charge in [0.25, 0.3) is 0 Å². The van der Waals surface area contributed by atoms with Crippen molar-refractivity contribution in [1.82, 2.24) is 4.98 Å². The molecule has 0 saturated carbocycles. The summed E-state index contributed by atoms with van der Waals surface area (Å²) in [6.45, 7) is 0. The van der Waals surface area contributed by atoms with Crippen molar-refractivity contribution in [3.63, 3.8) is 0 Å². The molecule has 0 fully saturated rings. The topological polar surface area (TPSA) is 41.8 Å². The number of nitrogens with one attached hydrogen (secondary N) is 1. The van der Waals surface area contributed by atoms with Gasteiger partial charge in [-0.15, -0.1) is 0 Å². The van der Waals surface area contributed by atoms with Gasteiger partial charge in [0, 0.05) is 16.9 Å². The van der Waals surface area contributed by atoms with Gasteiger partial charge in [0.1, 0.15) is 0 Å². The predicted molar refractivity (Wildman–Crippen MR) is 64.3 cm³/mol. The lowest BCUT2D eigenvalue weighted by molar-refractivity contribution is 1.41. The van der Waals surface area contributed by atoms with Crippen LogP contribution in [0.1, 0.15) is 5.69 Å². The van der Waals surface area contributed by atoms with Crippen molar-refractivity contribution in [2.45, 2.75) is 0 Å². The van der Waals surface area contributed by atoms with E-state index < -0.39 is 0 Å². The minimum atomic E-state index is 0.809. The second-order valence-electron chi connectivity index (χ2n) is 3.70. The van der Waals surface area contributed by atoms with Gasteiger partial charge in [-0.05, 0) is 23.6 Å². The highest BCUT2D eigenvalue weighted by Gasteiger charge is 2.10. The molecule has 3 rings (SSSR count).